The van der Waals surface area contributed by atoms with E-state index in [1.54, 1.807) is 18.5 Å². The van der Waals surface area contributed by atoms with Crippen molar-refractivity contribution in [3.8, 4) is 11.4 Å². The van der Waals surface area contributed by atoms with E-state index in [9.17, 15) is 13.2 Å². The summed E-state index contributed by atoms with van der Waals surface area (Å²) < 4.78 is 38.0. The number of hydrogen-bond donors (Lipinski definition) is 2. The number of halogens is 3. The topological polar surface area (TPSA) is 66.5 Å². The Balaban J connectivity index is 1.63. The molecule has 0 atom stereocenters. The summed E-state index contributed by atoms with van der Waals surface area (Å²) >= 11 is 0. The van der Waals surface area contributed by atoms with Crippen LogP contribution in [0.1, 0.15) is 5.56 Å². The fourth-order valence-electron chi connectivity index (χ4n) is 2.53. The predicted molar refractivity (Wildman–Crippen MR) is 91.8 cm³/mol. The zero-order valence-electron chi connectivity index (χ0n) is 13.2. The molecule has 5 nitrogen and oxygen atoms in total. The summed E-state index contributed by atoms with van der Waals surface area (Å²) in [5, 5.41) is 3.07. The number of benzene rings is 2. The molecule has 2 N–H and O–H groups in total. The van der Waals surface area contributed by atoms with E-state index in [0.29, 0.717) is 22.9 Å². The Morgan fingerprint density at radius 3 is 2.35 bits per heavy atom. The van der Waals surface area contributed by atoms with E-state index in [1.807, 2.05) is 18.2 Å². The maximum Gasteiger partial charge on any atom is 0.416 e. The van der Waals surface area contributed by atoms with Gasteiger partial charge in [0.1, 0.15) is 5.82 Å². The minimum Gasteiger partial charge on any atom is -0.338 e. The fraction of sp³-hybridized carbons (Fsp3) is 0.0556. The first-order valence-corrected chi connectivity index (χ1v) is 7.70. The molecule has 0 saturated carbocycles. The molecule has 0 saturated heterocycles. The number of alkyl halides is 3. The molecular formula is C18H12F3N5. The highest BCUT2D eigenvalue weighted by atomic mass is 19.4. The van der Waals surface area contributed by atoms with Crippen LogP contribution >= 0.6 is 0 Å². The summed E-state index contributed by atoms with van der Waals surface area (Å²) in [6, 6.07) is 12.1. The zero-order valence-corrected chi connectivity index (χ0v) is 13.2. The molecule has 0 bridgehead atoms. The van der Waals surface area contributed by atoms with Gasteiger partial charge in [-0.1, -0.05) is 12.1 Å². The summed E-state index contributed by atoms with van der Waals surface area (Å²) in [6.45, 7) is 0. The largest absolute Gasteiger partial charge is 0.416 e. The highest BCUT2D eigenvalue weighted by molar-refractivity contribution is 5.83. The van der Waals surface area contributed by atoms with E-state index in [-0.39, 0.29) is 0 Å². The van der Waals surface area contributed by atoms with Gasteiger partial charge >= 0.3 is 6.18 Å². The molecule has 2 aromatic carbocycles. The first kappa shape index (κ1) is 16.1. The molecule has 0 aliphatic carbocycles. The number of imidazole rings is 1. The Morgan fingerprint density at radius 2 is 1.65 bits per heavy atom. The molecular weight excluding hydrogens is 343 g/mol. The van der Waals surface area contributed by atoms with E-state index in [2.05, 4.69) is 25.3 Å². The number of aromatic nitrogens is 4. The van der Waals surface area contributed by atoms with Gasteiger partial charge in [0.2, 0.25) is 5.95 Å². The van der Waals surface area contributed by atoms with E-state index in [4.69, 9.17) is 0 Å². The lowest BCUT2D eigenvalue weighted by atomic mass is 10.1. The maximum absolute atomic E-state index is 12.7. The van der Waals surface area contributed by atoms with Crippen LogP contribution in [0.25, 0.3) is 22.4 Å². The molecule has 8 heteroatoms. The normalized spacial score (nSPS) is 11.7. The third-order valence-corrected chi connectivity index (χ3v) is 3.79. The molecule has 0 spiro atoms. The monoisotopic (exact) mass is 355 g/mol. The third-order valence-electron chi connectivity index (χ3n) is 3.79. The highest BCUT2D eigenvalue weighted by Gasteiger charge is 2.30. The maximum atomic E-state index is 12.7. The quantitative estimate of drug-likeness (QED) is 0.555. The van der Waals surface area contributed by atoms with Gasteiger partial charge in [-0.15, -0.1) is 0 Å². The van der Waals surface area contributed by atoms with Crippen molar-refractivity contribution in [2.45, 2.75) is 6.18 Å². The second-order valence-corrected chi connectivity index (χ2v) is 5.59. The van der Waals surface area contributed by atoms with Crippen molar-refractivity contribution in [2.75, 3.05) is 5.32 Å². The standard InChI is InChI=1S/C18H12F3N5/c19-18(20,21)12-4-2-11(3-5-12)16-25-14-7-6-13(10-15(14)26-16)24-17-22-8-1-9-23-17/h1-10H,(H,25,26)(H,22,23,24). The number of aromatic amines is 1. The van der Waals surface area contributed by atoms with Crippen molar-refractivity contribution < 1.29 is 13.2 Å². The van der Waals surface area contributed by atoms with E-state index >= 15 is 0 Å². The summed E-state index contributed by atoms with van der Waals surface area (Å²) in [5.74, 6) is 0.969. The van der Waals surface area contributed by atoms with Crippen LogP contribution in [0.3, 0.4) is 0 Å². The second-order valence-electron chi connectivity index (χ2n) is 5.59. The van der Waals surface area contributed by atoms with Crippen molar-refractivity contribution in [1.29, 1.82) is 0 Å². The lowest BCUT2D eigenvalue weighted by Crippen LogP contribution is -2.04. The van der Waals surface area contributed by atoms with Gasteiger partial charge in [0.25, 0.3) is 0 Å². The summed E-state index contributed by atoms with van der Waals surface area (Å²) in [5.41, 5.74) is 2.12. The molecule has 0 fully saturated rings. The second kappa shape index (κ2) is 6.14. The van der Waals surface area contributed by atoms with Crippen LogP contribution in [0.5, 0.6) is 0 Å². The van der Waals surface area contributed by atoms with Crippen molar-refractivity contribution in [3.05, 3.63) is 66.5 Å². The van der Waals surface area contributed by atoms with Crippen molar-refractivity contribution >= 4 is 22.7 Å². The van der Waals surface area contributed by atoms with Crippen molar-refractivity contribution in [2.24, 2.45) is 0 Å². The zero-order chi connectivity index (χ0) is 18.1. The minimum absolute atomic E-state index is 0.467. The molecule has 4 aromatic rings. The Hall–Kier alpha value is -3.42. The van der Waals surface area contributed by atoms with Gasteiger partial charge in [-0.2, -0.15) is 13.2 Å². The lowest BCUT2D eigenvalue weighted by molar-refractivity contribution is -0.137. The molecule has 0 amide bonds. The van der Waals surface area contributed by atoms with Crippen LogP contribution < -0.4 is 5.32 Å². The van der Waals surface area contributed by atoms with Crippen molar-refractivity contribution in [3.63, 3.8) is 0 Å². The number of hydrogen-bond acceptors (Lipinski definition) is 4. The van der Waals surface area contributed by atoms with Gasteiger partial charge in [-0.05, 0) is 36.4 Å². The average molecular weight is 355 g/mol. The smallest absolute Gasteiger partial charge is 0.338 e. The van der Waals surface area contributed by atoms with Crippen LogP contribution in [0.15, 0.2) is 60.9 Å². The van der Waals surface area contributed by atoms with E-state index in [1.165, 1.54) is 12.1 Å². The molecule has 2 heterocycles. The molecule has 4 rings (SSSR count). The number of nitrogens with zero attached hydrogens (tertiary/aromatic N) is 3. The number of rotatable bonds is 3. The minimum atomic E-state index is -4.35. The molecule has 0 unspecified atom stereocenters. The van der Waals surface area contributed by atoms with Crippen LogP contribution in [0.2, 0.25) is 0 Å². The average Bonchev–Trinajstić information content (AvgIpc) is 3.05. The first-order chi connectivity index (χ1) is 12.5. The van der Waals surface area contributed by atoms with Gasteiger partial charge in [0, 0.05) is 23.6 Å². The van der Waals surface area contributed by atoms with Crippen LogP contribution in [-0.2, 0) is 6.18 Å². The number of fused-ring (bicyclic) bond motifs is 1. The van der Waals surface area contributed by atoms with Crippen LogP contribution in [0, 0.1) is 0 Å². The first-order valence-electron chi connectivity index (χ1n) is 7.70. The summed E-state index contributed by atoms with van der Waals surface area (Å²) in [7, 11) is 0. The molecule has 2 aromatic heterocycles. The Kier molecular flexibility index (Phi) is 3.80. The summed E-state index contributed by atoms with van der Waals surface area (Å²) in [4.78, 5) is 15.7. The Morgan fingerprint density at radius 1 is 0.923 bits per heavy atom. The van der Waals surface area contributed by atoms with Crippen LogP contribution in [0.4, 0.5) is 24.8 Å². The third kappa shape index (κ3) is 3.21. The molecule has 0 radical (unpaired) electrons. The number of anilines is 2. The van der Waals surface area contributed by atoms with E-state index < -0.39 is 11.7 Å². The van der Waals surface area contributed by atoms with Gasteiger partial charge in [-0.25, -0.2) is 15.0 Å². The lowest BCUT2D eigenvalue weighted by Gasteiger charge is -2.06. The van der Waals surface area contributed by atoms with Gasteiger partial charge < -0.3 is 10.3 Å². The molecule has 130 valence electrons. The number of nitrogens with one attached hydrogen (secondary N) is 2. The van der Waals surface area contributed by atoms with Gasteiger partial charge in [-0.3, -0.25) is 0 Å². The fourth-order valence-corrected chi connectivity index (χ4v) is 2.53. The van der Waals surface area contributed by atoms with Crippen molar-refractivity contribution in [1.82, 2.24) is 19.9 Å². The Labute approximate surface area is 146 Å². The molecule has 0 aliphatic rings. The van der Waals surface area contributed by atoms with Crippen LogP contribution in [-0.4, -0.2) is 19.9 Å². The number of H-pyrrole nitrogens is 1. The summed E-state index contributed by atoms with van der Waals surface area (Å²) in [6.07, 6.45) is -1.09. The van der Waals surface area contributed by atoms with Gasteiger partial charge in [0.15, 0.2) is 0 Å². The SMILES string of the molecule is FC(F)(F)c1ccc(-c2nc3ccc(Nc4ncccn4)cc3[nH]2)cc1. The molecule has 26 heavy (non-hydrogen) atoms. The van der Waals surface area contributed by atoms with E-state index in [0.717, 1.165) is 23.3 Å². The molecule has 0 aliphatic heterocycles. The predicted octanol–water partition coefficient (Wildman–Crippen LogP) is 4.78. The van der Waals surface area contributed by atoms with Gasteiger partial charge in [0.05, 0.1) is 16.6 Å². The Bertz CT molecular complexity index is 1040. The highest BCUT2D eigenvalue weighted by Crippen LogP contribution is 2.31.